The summed E-state index contributed by atoms with van der Waals surface area (Å²) < 4.78 is 38.7. The summed E-state index contributed by atoms with van der Waals surface area (Å²) in [6.07, 6.45) is 3.19. The average molecular weight is 483 g/mol. The third-order valence-electron chi connectivity index (χ3n) is 5.33. The highest BCUT2D eigenvalue weighted by Crippen LogP contribution is 2.33. The number of nitrogens with one attached hydrogen (secondary N) is 1. The van der Waals surface area contributed by atoms with Crippen LogP contribution < -0.4 is 19.1 Å². The molecule has 0 aliphatic carbocycles. The SMILES string of the molecule is CCCCc1ccc(NC(=O)CN(c2ccc(OC)c(OC)c2)S(=O)(=O)c2ccccc2)cc1. The fourth-order valence-corrected chi connectivity index (χ4v) is 4.92. The number of carbonyl (C=O) groups excluding carboxylic acids is 1. The third-order valence-corrected chi connectivity index (χ3v) is 7.12. The molecule has 0 saturated heterocycles. The van der Waals surface area contributed by atoms with Crippen LogP contribution in [0.2, 0.25) is 0 Å². The molecule has 0 aliphatic rings. The van der Waals surface area contributed by atoms with Crippen molar-refractivity contribution >= 4 is 27.3 Å². The molecule has 0 fully saturated rings. The Kier molecular flexibility index (Phi) is 8.54. The lowest BCUT2D eigenvalue weighted by atomic mass is 10.1. The molecule has 3 aromatic carbocycles. The van der Waals surface area contributed by atoms with Crippen LogP contribution in [0.25, 0.3) is 0 Å². The number of anilines is 2. The van der Waals surface area contributed by atoms with Gasteiger partial charge in [-0.05, 0) is 54.8 Å². The van der Waals surface area contributed by atoms with Crippen LogP contribution in [0.3, 0.4) is 0 Å². The van der Waals surface area contributed by atoms with Gasteiger partial charge in [-0.2, -0.15) is 0 Å². The van der Waals surface area contributed by atoms with Gasteiger partial charge in [-0.25, -0.2) is 8.42 Å². The third kappa shape index (κ3) is 6.08. The Morgan fingerprint density at radius 2 is 1.59 bits per heavy atom. The maximum Gasteiger partial charge on any atom is 0.264 e. The van der Waals surface area contributed by atoms with Crippen molar-refractivity contribution in [1.82, 2.24) is 0 Å². The Balaban J connectivity index is 1.89. The number of hydrogen-bond acceptors (Lipinski definition) is 5. The van der Waals surface area contributed by atoms with Crippen LogP contribution in [0.15, 0.2) is 77.7 Å². The van der Waals surface area contributed by atoms with Crippen molar-refractivity contribution in [3.63, 3.8) is 0 Å². The largest absolute Gasteiger partial charge is 0.493 e. The van der Waals surface area contributed by atoms with E-state index in [0.29, 0.717) is 17.2 Å². The summed E-state index contributed by atoms with van der Waals surface area (Å²) in [6, 6.07) is 20.3. The molecule has 1 amide bonds. The normalized spacial score (nSPS) is 11.0. The Morgan fingerprint density at radius 1 is 0.912 bits per heavy atom. The lowest BCUT2D eigenvalue weighted by molar-refractivity contribution is -0.114. The molecule has 0 radical (unpaired) electrons. The summed E-state index contributed by atoms with van der Waals surface area (Å²) in [5.41, 5.74) is 2.08. The number of hydrogen-bond donors (Lipinski definition) is 1. The van der Waals surface area contributed by atoms with Gasteiger partial charge in [0.2, 0.25) is 5.91 Å². The van der Waals surface area contributed by atoms with Crippen molar-refractivity contribution in [3.8, 4) is 11.5 Å². The lowest BCUT2D eigenvalue weighted by Crippen LogP contribution is -2.38. The van der Waals surface area contributed by atoms with E-state index in [2.05, 4.69) is 12.2 Å². The Bertz CT molecular complexity index is 1200. The zero-order chi connectivity index (χ0) is 24.6. The Labute approximate surface area is 201 Å². The van der Waals surface area contributed by atoms with Gasteiger partial charge in [0.25, 0.3) is 10.0 Å². The first-order valence-electron chi connectivity index (χ1n) is 11.1. The molecule has 180 valence electrons. The van der Waals surface area contributed by atoms with Gasteiger partial charge in [-0.15, -0.1) is 0 Å². The minimum absolute atomic E-state index is 0.0814. The predicted octanol–water partition coefficient (Wildman–Crippen LogP) is 4.88. The van der Waals surface area contributed by atoms with Gasteiger partial charge in [-0.3, -0.25) is 9.10 Å². The van der Waals surface area contributed by atoms with Crippen LogP contribution in [-0.4, -0.2) is 35.1 Å². The van der Waals surface area contributed by atoms with Gasteiger partial charge in [0.15, 0.2) is 11.5 Å². The van der Waals surface area contributed by atoms with Gasteiger partial charge in [0, 0.05) is 11.8 Å². The second-order valence-electron chi connectivity index (χ2n) is 7.71. The fraction of sp³-hybridized carbons (Fsp3) is 0.269. The highest BCUT2D eigenvalue weighted by molar-refractivity contribution is 7.92. The smallest absolute Gasteiger partial charge is 0.264 e. The van der Waals surface area contributed by atoms with E-state index < -0.39 is 22.5 Å². The number of rotatable bonds is 11. The Morgan fingerprint density at radius 3 is 2.21 bits per heavy atom. The number of methoxy groups -OCH3 is 2. The number of sulfonamides is 1. The van der Waals surface area contributed by atoms with Crippen LogP contribution in [0.5, 0.6) is 11.5 Å². The molecule has 0 saturated carbocycles. The number of amides is 1. The van der Waals surface area contributed by atoms with Crippen molar-refractivity contribution in [2.24, 2.45) is 0 Å². The molecule has 34 heavy (non-hydrogen) atoms. The van der Waals surface area contributed by atoms with E-state index >= 15 is 0 Å². The van der Waals surface area contributed by atoms with Crippen LogP contribution in [0.1, 0.15) is 25.3 Å². The molecule has 0 aliphatic heterocycles. The lowest BCUT2D eigenvalue weighted by Gasteiger charge is -2.25. The first kappa shape index (κ1) is 25.1. The standard InChI is InChI=1S/C26H30N2O5S/c1-4-5-9-20-12-14-21(15-13-20)27-26(29)19-28(34(30,31)23-10-7-6-8-11-23)22-16-17-24(32-2)25(18-22)33-3/h6-8,10-18H,4-5,9,19H2,1-3H3,(H,27,29). The number of benzene rings is 3. The van der Waals surface area contributed by atoms with Crippen molar-refractivity contribution in [1.29, 1.82) is 0 Å². The molecule has 3 rings (SSSR count). The minimum Gasteiger partial charge on any atom is -0.493 e. The second kappa shape index (κ2) is 11.6. The average Bonchev–Trinajstić information content (AvgIpc) is 2.87. The summed E-state index contributed by atoms with van der Waals surface area (Å²) in [5, 5.41) is 2.80. The molecule has 0 bridgehead atoms. The summed E-state index contributed by atoms with van der Waals surface area (Å²) >= 11 is 0. The number of ether oxygens (including phenoxy) is 2. The van der Waals surface area contributed by atoms with Gasteiger partial charge >= 0.3 is 0 Å². The molecule has 0 spiro atoms. The summed E-state index contributed by atoms with van der Waals surface area (Å²) in [6.45, 7) is 1.73. The maximum atomic E-state index is 13.5. The fourth-order valence-electron chi connectivity index (χ4n) is 3.48. The highest BCUT2D eigenvalue weighted by atomic mass is 32.2. The van der Waals surface area contributed by atoms with E-state index in [1.165, 1.54) is 38.0 Å². The molecule has 0 aromatic heterocycles. The summed E-state index contributed by atoms with van der Waals surface area (Å²) in [4.78, 5) is 13.0. The first-order valence-corrected chi connectivity index (χ1v) is 12.5. The van der Waals surface area contributed by atoms with E-state index in [-0.39, 0.29) is 10.6 Å². The van der Waals surface area contributed by atoms with E-state index in [0.717, 1.165) is 23.6 Å². The summed E-state index contributed by atoms with van der Waals surface area (Å²) in [5.74, 6) is 0.350. The van der Waals surface area contributed by atoms with E-state index in [9.17, 15) is 13.2 Å². The molecular weight excluding hydrogens is 452 g/mol. The molecule has 0 heterocycles. The molecule has 3 aromatic rings. The van der Waals surface area contributed by atoms with Crippen LogP contribution in [0.4, 0.5) is 11.4 Å². The topological polar surface area (TPSA) is 84.9 Å². The van der Waals surface area contributed by atoms with Crippen LogP contribution in [0, 0.1) is 0 Å². The van der Waals surface area contributed by atoms with Crippen molar-refractivity contribution in [3.05, 3.63) is 78.4 Å². The van der Waals surface area contributed by atoms with Crippen LogP contribution >= 0.6 is 0 Å². The van der Waals surface area contributed by atoms with Crippen molar-refractivity contribution < 1.29 is 22.7 Å². The van der Waals surface area contributed by atoms with Gasteiger partial charge in [0.05, 0.1) is 24.8 Å². The summed E-state index contributed by atoms with van der Waals surface area (Å²) in [7, 11) is -1.06. The molecule has 8 heteroatoms. The van der Waals surface area contributed by atoms with Gasteiger partial charge in [0.1, 0.15) is 6.54 Å². The zero-order valence-electron chi connectivity index (χ0n) is 19.7. The quantitative estimate of drug-likeness (QED) is 0.421. The predicted molar refractivity (Wildman–Crippen MR) is 134 cm³/mol. The molecule has 7 nitrogen and oxygen atoms in total. The molecule has 1 N–H and O–H groups in total. The molecule has 0 unspecified atom stereocenters. The second-order valence-corrected chi connectivity index (χ2v) is 9.57. The zero-order valence-corrected chi connectivity index (χ0v) is 20.5. The van der Waals surface area contributed by atoms with Crippen molar-refractivity contribution in [2.75, 3.05) is 30.4 Å². The number of nitrogens with zero attached hydrogens (tertiary/aromatic N) is 1. The van der Waals surface area contributed by atoms with Crippen LogP contribution in [-0.2, 0) is 21.2 Å². The Hall–Kier alpha value is -3.52. The molecule has 0 atom stereocenters. The van der Waals surface area contributed by atoms with Gasteiger partial charge < -0.3 is 14.8 Å². The number of aryl methyl sites for hydroxylation is 1. The van der Waals surface area contributed by atoms with E-state index in [1.807, 2.05) is 24.3 Å². The highest BCUT2D eigenvalue weighted by Gasteiger charge is 2.28. The molecular formula is C26H30N2O5S. The number of carbonyl (C=O) groups is 1. The monoisotopic (exact) mass is 482 g/mol. The van der Waals surface area contributed by atoms with Crippen molar-refractivity contribution in [2.45, 2.75) is 31.1 Å². The first-order chi connectivity index (χ1) is 16.4. The maximum absolute atomic E-state index is 13.5. The van der Waals surface area contributed by atoms with E-state index in [4.69, 9.17) is 9.47 Å². The van der Waals surface area contributed by atoms with Gasteiger partial charge in [-0.1, -0.05) is 43.7 Å². The number of unbranched alkanes of at least 4 members (excludes halogenated alkanes) is 1. The van der Waals surface area contributed by atoms with E-state index in [1.54, 1.807) is 30.3 Å². The minimum atomic E-state index is -4.03.